The summed E-state index contributed by atoms with van der Waals surface area (Å²) in [6.07, 6.45) is 1.28. The van der Waals surface area contributed by atoms with Crippen molar-refractivity contribution in [1.29, 1.82) is 0 Å². The summed E-state index contributed by atoms with van der Waals surface area (Å²) in [6, 6.07) is 13.7. The predicted molar refractivity (Wildman–Crippen MR) is 107 cm³/mol. The Bertz CT molecular complexity index is 916. The summed E-state index contributed by atoms with van der Waals surface area (Å²) in [5, 5.41) is 2.86. The summed E-state index contributed by atoms with van der Waals surface area (Å²) in [5.74, 6) is -0.0370. The van der Waals surface area contributed by atoms with Crippen molar-refractivity contribution in [2.75, 3.05) is 25.5 Å². The van der Waals surface area contributed by atoms with E-state index in [0.717, 1.165) is 4.47 Å². The van der Waals surface area contributed by atoms with Gasteiger partial charge in [0.1, 0.15) is 5.75 Å². The van der Waals surface area contributed by atoms with Gasteiger partial charge in [-0.15, -0.1) is 0 Å². The fraction of sp³-hybridized carbons (Fsp3) is 0.316. The number of hydrogen-bond acceptors (Lipinski definition) is 4. The molecule has 3 rings (SSSR count). The van der Waals surface area contributed by atoms with Crippen LogP contribution in [0.25, 0.3) is 0 Å². The molecule has 0 spiro atoms. The molecule has 0 radical (unpaired) electrons. The van der Waals surface area contributed by atoms with E-state index in [4.69, 9.17) is 4.74 Å². The normalized spacial score (nSPS) is 18.1. The molecular weight excluding hydrogens is 432 g/mol. The monoisotopic (exact) mass is 452 g/mol. The smallest absolute Gasteiger partial charge is 0.243 e. The number of nitrogens with zero attached hydrogens (tertiary/aromatic N) is 1. The van der Waals surface area contributed by atoms with Gasteiger partial charge in [-0.3, -0.25) is 4.79 Å². The van der Waals surface area contributed by atoms with E-state index in [-0.39, 0.29) is 17.3 Å². The van der Waals surface area contributed by atoms with Gasteiger partial charge in [-0.05, 0) is 49.2 Å². The van der Waals surface area contributed by atoms with Crippen molar-refractivity contribution >= 4 is 37.5 Å². The fourth-order valence-corrected chi connectivity index (χ4v) is 4.90. The number of sulfonamides is 1. The van der Waals surface area contributed by atoms with Crippen LogP contribution in [0.15, 0.2) is 57.9 Å². The minimum atomic E-state index is -3.62. The number of anilines is 1. The van der Waals surface area contributed by atoms with Crippen molar-refractivity contribution in [3.8, 4) is 5.75 Å². The molecule has 144 valence electrons. The average molecular weight is 453 g/mol. The quantitative estimate of drug-likeness (QED) is 0.752. The number of carbonyl (C=O) groups is 1. The Kier molecular flexibility index (Phi) is 6.18. The van der Waals surface area contributed by atoms with Gasteiger partial charge in [0.2, 0.25) is 15.9 Å². The molecule has 0 bridgehead atoms. The Balaban J connectivity index is 1.73. The van der Waals surface area contributed by atoms with E-state index in [0.29, 0.717) is 30.8 Å². The molecule has 1 atom stereocenters. The number of piperidine rings is 1. The topological polar surface area (TPSA) is 75.7 Å². The molecule has 1 aliphatic heterocycles. The van der Waals surface area contributed by atoms with Gasteiger partial charge in [-0.25, -0.2) is 8.42 Å². The molecule has 8 heteroatoms. The predicted octanol–water partition coefficient (Wildman–Crippen LogP) is 3.50. The molecule has 2 aromatic carbocycles. The molecule has 1 heterocycles. The van der Waals surface area contributed by atoms with Crippen molar-refractivity contribution < 1.29 is 17.9 Å². The summed E-state index contributed by atoms with van der Waals surface area (Å²) in [5.41, 5.74) is 0.581. The van der Waals surface area contributed by atoms with Gasteiger partial charge >= 0.3 is 0 Å². The van der Waals surface area contributed by atoms with Crippen LogP contribution in [0.1, 0.15) is 12.8 Å². The molecule has 2 aromatic rings. The van der Waals surface area contributed by atoms with Gasteiger partial charge in [0.05, 0.1) is 23.6 Å². The maximum absolute atomic E-state index is 12.9. The summed E-state index contributed by atoms with van der Waals surface area (Å²) in [7, 11) is -2.08. The minimum Gasteiger partial charge on any atom is -0.495 e. The average Bonchev–Trinajstić information content (AvgIpc) is 2.69. The lowest BCUT2D eigenvalue weighted by Crippen LogP contribution is -2.43. The van der Waals surface area contributed by atoms with Gasteiger partial charge in [0.15, 0.2) is 0 Å². The van der Waals surface area contributed by atoms with E-state index >= 15 is 0 Å². The highest BCUT2D eigenvalue weighted by Gasteiger charge is 2.33. The number of para-hydroxylation sites is 2. The van der Waals surface area contributed by atoms with Crippen LogP contribution in [0.5, 0.6) is 5.75 Å². The number of benzene rings is 2. The van der Waals surface area contributed by atoms with Gasteiger partial charge in [-0.1, -0.05) is 28.1 Å². The van der Waals surface area contributed by atoms with E-state index in [1.165, 1.54) is 11.4 Å². The molecule has 27 heavy (non-hydrogen) atoms. The largest absolute Gasteiger partial charge is 0.495 e. The molecule has 0 aliphatic carbocycles. The number of methoxy groups -OCH3 is 1. The summed E-state index contributed by atoms with van der Waals surface area (Å²) in [4.78, 5) is 12.9. The van der Waals surface area contributed by atoms with Gasteiger partial charge in [0, 0.05) is 17.6 Å². The second-order valence-electron chi connectivity index (χ2n) is 6.35. The molecule has 1 aliphatic rings. The number of hydrogen-bond donors (Lipinski definition) is 1. The van der Waals surface area contributed by atoms with E-state index in [1.54, 1.807) is 36.4 Å². The zero-order valence-electron chi connectivity index (χ0n) is 14.9. The summed E-state index contributed by atoms with van der Waals surface area (Å²) >= 11 is 3.31. The Labute approximate surface area is 167 Å². The maximum atomic E-state index is 12.9. The molecule has 0 unspecified atom stereocenters. The maximum Gasteiger partial charge on any atom is 0.243 e. The van der Waals surface area contributed by atoms with Gasteiger partial charge < -0.3 is 10.1 Å². The third-order valence-corrected chi connectivity index (χ3v) is 6.98. The molecule has 0 saturated carbocycles. The Morgan fingerprint density at radius 2 is 1.89 bits per heavy atom. The highest BCUT2D eigenvalue weighted by Crippen LogP contribution is 2.28. The zero-order valence-corrected chi connectivity index (χ0v) is 17.3. The van der Waals surface area contributed by atoms with Crippen LogP contribution >= 0.6 is 15.9 Å². The van der Waals surface area contributed by atoms with Crippen LogP contribution in [0, 0.1) is 5.92 Å². The first kappa shape index (κ1) is 19.9. The molecule has 1 saturated heterocycles. The number of ether oxygens (including phenoxy) is 1. The SMILES string of the molecule is COc1ccccc1NC(=O)[C@H]1CCCN(S(=O)(=O)c2ccc(Br)cc2)C1. The highest BCUT2D eigenvalue weighted by atomic mass is 79.9. The second kappa shape index (κ2) is 8.41. The first-order valence-electron chi connectivity index (χ1n) is 8.61. The minimum absolute atomic E-state index is 0.166. The lowest BCUT2D eigenvalue weighted by Gasteiger charge is -2.31. The third kappa shape index (κ3) is 4.51. The summed E-state index contributed by atoms with van der Waals surface area (Å²) in [6.45, 7) is 0.580. The standard InChI is InChI=1S/C19H21BrN2O4S/c1-26-18-7-3-2-6-17(18)21-19(23)14-5-4-12-22(13-14)27(24,25)16-10-8-15(20)9-11-16/h2-3,6-11,14H,4-5,12-13H2,1H3,(H,21,23)/t14-/m0/s1. The van der Waals surface area contributed by atoms with E-state index in [1.807, 2.05) is 12.1 Å². The molecule has 1 N–H and O–H groups in total. The highest BCUT2D eigenvalue weighted by molar-refractivity contribution is 9.10. The van der Waals surface area contributed by atoms with Crippen molar-refractivity contribution in [1.82, 2.24) is 4.31 Å². The van der Waals surface area contributed by atoms with E-state index in [9.17, 15) is 13.2 Å². The lowest BCUT2D eigenvalue weighted by atomic mass is 9.98. The van der Waals surface area contributed by atoms with Gasteiger partial charge in [-0.2, -0.15) is 4.31 Å². The van der Waals surface area contributed by atoms with Crippen molar-refractivity contribution in [2.24, 2.45) is 5.92 Å². The molecule has 6 nitrogen and oxygen atoms in total. The second-order valence-corrected chi connectivity index (χ2v) is 9.20. The Hall–Kier alpha value is -1.90. The van der Waals surface area contributed by atoms with Crippen LogP contribution in [0.2, 0.25) is 0 Å². The lowest BCUT2D eigenvalue weighted by molar-refractivity contribution is -0.120. The zero-order chi connectivity index (χ0) is 19.4. The van der Waals surface area contributed by atoms with Gasteiger partial charge in [0.25, 0.3) is 0 Å². The molecule has 1 fully saturated rings. The van der Waals surface area contributed by atoms with Crippen LogP contribution in [-0.2, 0) is 14.8 Å². The number of carbonyl (C=O) groups excluding carboxylic acids is 1. The first-order valence-corrected chi connectivity index (χ1v) is 10.8. The molecule has 1 amide bonds. The van der Waals surface area contributed by atoms with Crippen LogP contribution in [0.3, 0.4) is 0 Å². The fourth-order valence-electron chi connectivity index (χ4n) is 3.11. The molecular formula is C19H21BrN2O4S. The van der Waals surface area contributed by atoms with Crippen molar-refractivity contribution in [3.63, 3.8) is 0 Å². The van der Waals surface area contributed by atoms with Crippen molar-refractivity contribution in [2.45, 2.75) is 17.7 Å². The van der Waals surface area contributed by atoms with Crippen molar-refractivity contribution in [3.05, 3.63) is 53.0 Å². The number of rotatable bonds is 5. The molecule has 0 aromatic heterocycles. The van der Waals surface area contributed by atoms with Crippen LogP contribution in [0.4, 0.5) is 5.69 Å². The Morgan fingerprint density at radius 1 is 1.19 bits per heavy atom. The number of amides is 1. The van der Waals surface area contributed by atoms with E-state index < -0.39 is 15.9 Å². The summed E-state index contributed by atoms with van der Waals surface area (Å²) < 4.78 is 33.2. The van der Waals surface area contributed by atoms with Crippen LogP contribution in [-0.4, -0.2) is 38.8 Å². The number of nitrogens with one attached hydrogen (secondary N) is 1. The van der Waals surface area contributed by atoms with Crippen LogP contribution < -0.4 is 10.1 Å². The first-order chi connectivity index (χ1) is 12.9. The Morgan fingerprint density at radius 3 is 2.59 bits per heavy atom. The van der Waals surface area contributed by atoms with E-state index in [2.05, 4.69) is 21.2 Å². The third-order valence-electron chi connectivity index (χ3n) is 4.57. The number of halogens is 1.